The summed E-state index contributed by atoms with van der Waals surface area (Å²) in [5, 5.41) is 0. The van der Waals surface area contributed by atoms with Crippen molar-refractivity contribution < 1.29 is 9.53 Å². The van der Waals surface area contributed by atoms with Crippen LogP contribution in [0.3, 0.4) is 0 Å². The van der Waals surface area contributed by atoms with Gasteiger partial charge in [-0.15, -0.1) is 0 Å². The molecule has 1 unspecified atom stereocenters. The summed E-state index contributed by atoms with van der Waals surface area (Å²) >= 11 is 3.36. The molecule has 0 spiro atoms. The molecule has 1 amide bonds. The van der Waals surface area contributed by atoms with Crippen LogP contribution in [0.1, 0.15) is 32.4 Å². The number of hydrogen-bond donors (Lipinski definition) is 1. The first-order chi connectivity index (χ1) is 7.30. The normalized spacial score (nSPS) is 13.2. The Balaban J connectivity index is 3.01. The Morgan fingerprint density at radius 3 is 2.19 bits per heavy atom. The molecule has 0 aromatic heterocycles. The van der Waals surface area contributed by atoms with Gasteiger partial charge in [0.05, 0.1) is 0 Å². The van der Waals surface area contributed by atoms with Gasteiger partial charge in [0.25, 0.3) is 0 Å². The SMILES string of the molecule is CC(C)(C)C(OC(N)=O)c1ccc(Br)cc1. The molecule has 0 radical (unpaired) electrons. The fourth-order valence-electron chi connectivity index (χ4n) is 1.50. The van der Waals surface area contributed by atoms with E-state index in [1.807, 2.05) is 45.0 Å². The molecule has 4 heteroatoms. The Hall–Kier alpha value is -1.03. The average Bonchev–Trinajstić information content (AvgIpc) is 2.14. The number of nitrogens with two attached hydrogens (primary N) is 1. The largest absolute Gasteiger partial charge is 0.441 e. The van der Waals surface area contributed by atoms with Gasteiger partial charge in [0, 0.05) is 9.89 Å². The van der Waals surface area contributed by atoms with E-state index in [0.717, 1.165) is 10.0 Å². The first-order valence-corrected chi connectivity index (χ1v) is 5.81. The Morgan fingerprint density at radius 2 is 1.81 bits per heavy atom. The van der Waals surface area contributed by atoms with Crippen molar-refractivity contribution in [3.8, 4) is 0 Å². The van der Waals surface area contributed by atoms with Crippen LogP contribution < -0.4 is 5.73 Å². The predicted octanol–water partition coefficient (Wildman–Crippen LogP) is 3.63. The van der Waals surface area contributed by atoms with Crippen molar-refractivity contribution >= 4 is 22.0 Å². The lowest BCUT2D eigenvalue weighted by molar-refractivity contribution is 0.0360. The molecule has 88 valence electrons. The van der Waals surface area contributed by atoms with Crippen LogP contribution in [0.25, 0.3) is 0 Å². The molecule has 0 saturated heterocycles. The minimum Gasteiger partial charge on any atom is -0.441 e. The van der Waals surface area contributed by atoms with Crippen LogP contribution >= 0.6 is 15.9 Å². The Kier molecular flexibility index (Phi) is 3.97. The van der Waals surface area contributed by atoms with Gasteiger partial charge < -0.3 is 10.5 Å². The third kappa shape index (κ3) is 3.52. The van der Waals surface area contributed by atoms with E-state index in [9.17, 15) is 4.79 Å². The van der Waals surface area contributed by atoms with Gasteiger partial charge in [-0.2, -0.15) is 0 Å². The number of primary amides is 1. The van der Waals surface area contributed by atoms with Crippen LogP contribution in [0.4, 0.5) is 4.79 Å². The van der Waals surface area contributed by atoms with Crippen molar-refractivity contribution in [3.05, 3.63) is 34.3 Å². The number of amides is 1. The van der Waals surface area contributed by atoms with Crippen LogP contribution in [0.5, 0.6) is 0 Å². The van der Waals surface area contributed by atoms with Gasteiger partial charge in [0.1, 0.15) is 6.10 Å². The van der Waals surface area contributed by atoms with Gasteiger partial charge in [-0.05, 0) is 17.7 Å². The van der Waals surface area contributed by atoms with Gasteiger partial charge in [0.15, 0.2) is 0 Å². The van der Waals surface area contributed by atoms with Crippen LogP contribution in [0.15, 0.2) is 28.7 Å². The van der Waals surface area contributed by atoms with Gasteiger partial charge in [-0.25, -0.2) is 4.79 Å². The minimum atomic E-state index is -0.747. The van der Waals surface area contributed by atoms with E-state index in [1.54, 1.807) is 0 Å². The molecule has 3 nitrogen and oxygen atoms in total. The molecule has 1 rings (SSSR count). The molecule has 0 saturated carbocycles. The molecule has 0 aliphatic carbocycles. The molecule has 2 N–H and O–H groups in total. The Bertz CT molecular complexity index is 368. The van der Waals surface area contributed by atoms with Gasteiger partial charge in [-0.1, -0.05) is 48.8 Å². The average molecular weight is 286 g/mol. The summed E-state index contributed by atoms with van der Waals surface area (Å²) in [6.07, 6.45) is -1.08. The summed E-state index contributed by atoms with van der Waals surface area (Å²) in [4.78, 5) is 10.9. The highest BCUT2D eigenvalue weighted by Crippen LogP contribution is 2.36. The molecule has 0 bridgehead atoms. The molecule has 0 heterocycles. The lowest BCUT2D eigenvalue weighted by atomic mass is 9.84. The summed E-state index contributed by atoms with van der Waals surface area (Å²) in [6, 6.07) is 7.67. The fourth-order valence-corrected chi connectivity index (χ4v) is 1.76. The van der Waals surface area contributed by atoms with E-state index in [4.69, 9.17) is 10.5 Å². The molecular formula is C12H16BrNO2. The Morgan fingerprint density at radius 1 is 1.31 bits per heavy atom. The zero-order chi connectivity index (χ0) is 12.3. The topological polar surface area (TPSA) is 52.3 Å². The van der Waals surface area contributed by atoms with E-state index in [0.29, 0.717) is 0 Å². The number of carbonyl (C=O) groups is 1. The molecule has 16 heavy (non-hydrogen) atoms. The number of hydrogen-bond acceptors (Lipinski definition) is 2. The molecule has 0 aliphatic heterocycles. The van der Waals surface area contributed by atoms with E-state index in [2.05, 4.69) is 15.9 Å². The molecular weight excluding hydrogens is 270 g/mol. The first kappa shape index (κ1) is 13.0. The first-order valence-electron chi connectivity index (χ1n) is 5.02. The summed E-state index contributed by atoms with van der Waals surface area (Å²) in [5.74, 6) is 0. The Labute approximate surface area is 104 Å². The summed E-state index contributed by atoms with van der Waals surface area (Å²) in [7, 11) is 0. The van der Waals surface area contributed by atoms with E-state index in [1.165, 1.54) is 0 Å². The summed E-state index contributed by atoms with van der Waals surface area (Å²) in [5.41, 5.74) is 5.83. The highest BCUT2D eigenvalue weighted by atomic mass is 79.9. The van der Waals surface area contributed by atoms with Gasteiger partial charge in [0.2, 0.25) is 0 Å². The van der Waals surface area contributed by atoms with E-state index >= 15 is 0 Å². The standard InChI is InChI=1S/C12H16BrNO2/c1-12(2,3)10(16-11(14)15)8-4-6-9(13)7-5-8/h4-7,10H,1-3H3,(H2,14,15). The van der Waals surface area contributed by atoms with Crippen LogP contribution in [-0.4, -0.2) is 6.09 Å². The monoisotopic (exact) mass is 285 g/mol. The quantitative estimate of drug-likeness (QED) is 0.902. The molecule has 1 aromatic carbocycles. The second-order valence-electron chi connectivity index (χ2n) is 4.73. The molecule has 1 aromatic rings. The van der Waals surface area contributed by atoms with Crippen molar-refractivity contribution in [2.24, 2.45) is 11.1 Å². The maximum absolute atomic E-state index is 10.9. The molecule has 1 atom stereocenters. The van der Waals surface area contributed by atoms with Gasteiger partial charge in [-0.3, -0.25) is 0 Å². The number of benzene rings is 1. The third-order valence-corrected chi connectivity index (χ3v) is 2.72. The van der Waals surface area contributed by atoms with Crippen molar-refractivity contribution in [1.29, 1.82) is 0 Å². The van der Waals surface area contributed by atoms with Crippen molar-refractivity contribution in [1.82, 2.24) is 0 Å². The van der Waals surface area contributed by atoms with Gasteiger partial charge >= 0.3 is 6.09 Å². The predicted molar refractivity (Wildman–Crippen MR) is 67.0 cm³/mol. The van der Waals surface area contributed by atoms with Crippen molar-refractivity contribution in [2.75, 3.05) is 0 Å². The number of rotatable bonds is 2. The highest BCUT2D eigenvalue weighted by molar-refractivity contribution is 9.10. The van der Waals surface area contributed by atoms with Crippen LogP contribution in [0, 0.1) is 5.41 Å². The lowest BCUT2D eigenvalue weighted by Crippen LogP contribution is -2.26. The fraction of sp³-hybridized carbons (Fsp3) is 0.417. The van der Waals surface area contributed by atoms with E-state index < -0.39 is 6.09 Å². The second kappa shape index (κ2) is 4.87. The number of ether oxygens (including phenoxy) is 1. The zero-order valence-electron chi connectivity index (χ0n) is 9.66. The van der Waals surface area contributed by atoms with Crippen molar-refractivity contribution in [2.45, 2.75) is 26.9 Å². The smallest absolute Gasteiger partial charge is 0.405 e. The van der Waals surface area contributed by atoms with Crippen LogP contribution in [0.2, 0.25) is 0 Å². The molecule has 0 fully saturated rings. The van der Waals surface area contributed by atoms with Crippen molar-refractivity contribution in [3.63, 3.8) is 0 Å². The second-order valence-corrected chi connectivity index (χ2v) is 5.65. The minimum absolute atomic E-state index is 0.192. The summed E-state index contributed by atoms with van der Waals surface area (Å²) < 4.78 is 6.15. The molecule has 0 aliphatic rings. The highest BCUT2D eigenvalue weighted by Gasteiger charge is 2.29. The number of carbonyl (C=O) groups excluding carboxylic acids is 1. The maximum Gasteiger partial charge on any atom is 0.405 e. The summed E-state index contributed by atoms with van der Waals surface area (Å²) in [6.45, 7) is 6.01. The van der Waals surface area contributed by atoms with Crippen LogP contribution in [-0.2, 0) is 4.74 Å². The zero-order valence-corrected chi connectivity index (χ0v) is 11.2. The maximum atomic E-state index is 10.9. The number of halogens is 1. The third-order valence-electron chi connectivity index (χ3n) is 2.19. The lowest BCUT2D eigenvalue weighted by Gasteiger charge is -2.30. The van der Waals surface area contributed by atoms with E-state index in [-0.39, 0.29) is 11.5 Å².